The van der Waals surface area contributed by atoms with Crippen LogP contribution in [-0.4, -0.2) is 9.97 Å². The SMILES string of the molecule is c1cc[n+](-c2cccc[n+]2-c2ncccn2)cc1. The first kappa shape index (κ1) is 10.5. The number of nitrogens with zero attached hydrogens (tertiary/aromatic N) is 4. The van der Waals surface area contributed by atoms with Crippen molar-refractivity contribution in [3.63, 3.8) is 0 Å². The van der Waals surface area contributed by atoms with Crippen LogP contribution < -0.4 is 9.13 Å². The molecule has 3 heterocycles. The third-order valence-electron chi connectivity index (χ3n) is 2.59. The lowest BCUT2D eigenvalue weighted by molar-refractivity contribution is -0.743. The van der Waals surface area contributed by atoms with Crippen molar-refractivity contribution in [2.45, 2.75) is 0 Å². The molecule has 4 heteroatoms. The molecule has 18 heavy (non-hydrogen) atoms. The fourth-order valence-electron chi connectivity index (χ4n) is 1.78. The summed E-state index contributed by atoms with van der Waals surface area (Å²) in [6.45, 7) is 0. The summed E-state index contributed by atoms with van der Waals surface area (Å²) in [6.07, 6.45) is 9.41. The summed E-state index contributed by atoms with van der Waals surface area (Å²) < 4.78 is 3.97. The Morgan fingerprint density at radius 2 is 1.44 bits per heavy atom. The fraction of sp³-hybridized carbons (Fsp3) is 0. The summed E-state index contributed by atoms with van der Waals surface area (Å²) in [5, 5.41) is 0. The van der Waals surface area contributed by atoms with Gasteiger partial charge in [-0.3, -0.25) is 0 Å². The van der Waals surface area contributed by atoms with Gasteiger partial charge in [0, 0.05) is 30.6 Å². The number of pyridine rings is 2. The van der Waals surface area contributed by atoms with Crippen molar-refractivity contribution >= 4 is 0 Å². The molecule has 0 aliphatic heterocycles. The molecule has 3 rings (SSSR count). The number of hydrogen-bond donors (Lipinski definition) is 0. The van der Waals surface area contributed by atoms with Gasteiger partial charge in [0.2, 0.25) is 0 Å². The van der Waals surface area contributed by atoms with Crippen molar-refractivity contribution in [2.24, 2.45) is 0 Å². The fourth-order valence-corrected chi connectivity index (χ4v) is 1.78. The second kappa shape index (κ2) is 4.71. The minimum Gasteiger partial charge on any atom is -0.176 e. The Balaban J connectivity index is 2.18. The van der Waals surface area contributed by atoms with E-state index in [-0.39, 0.29) is 0 Å². The smallest absolute Gasteiger partial charge is 0.176 e. The van der Waals surface area contributed by atoms with Gasteiger partial charge < -0.3 is 0 Å². The first-order valence-corrected chi connectivity index (χ1v) is 5.70. The molecule has 3 aromatic heterocycles. The molecule has 0 fully saturated rings. The van der Waals surface area contributed by atoms with Crippen LogP contribution in [0.2, 0.25) is 0 Å². The number of hydrogen-bond acceptors (Lipinski definition) is 2. The Bertz CT molecular complexity index is 580. The molecule has 86 valence electrons. The highest BCUT2D eigenvalue weighted by Crippen LogP contribution is 1.95. The third-order valence-corrected chi connectivity index (χ3v) is 2.59. The lowest BCUT2D eigenvalue weighted by Crippen LogP contribution is -2.47. The molecule has 0 aliphatic rings. The van der Waals surface area contributed by atoms with E-state index >= 15 is 0 Å². The molecular formula is C14H12N4+2. The van der Waals surface area contributed by atoms with Crippen molar-refractivity contribution in [1.82, 2.24) is 9.97 Å². The van der Waals surface area contributed by atoms with Gasteiger partial charge in [-0.1, -0.05) is 10.6 Å². The van der Waals surface area contributed by atoms with Gasteiger partial charge in [0.05, 0.1) is 6.07 Å². The molecule has 0 atom stereocenters. The van der Waals surface area contributed by atoms with Crippen molar-refractivity contribution in [2.75, 3.05) is 0 Å². The Hall–Kier alpha value is -2.62. The average Bonchev–Trinajstić information content (AvgIpc) is 2.49. The molecule has 0 aromatic carbocycles. The van der Waals surface area contributed by atoms with Crippen LogP contribution in [0.25, 0.3) is 11.8 Å². The van der Waals surface area contributed by atoms with E-state index in [1.54, 1.807) is 12.4 Å². The zero-order chi connectivity index (χ0) is 12.2. The summed E-state index contributed by atoms with van der Waals surface area (Å²) in [7, 11) is 0. The van der Waals surface area contributed by atoms with Crippen LogP contribution in [0.4, 0.5) is 0 Å². The predicted molar refractivity (Wildman–Crippen MR) is 65.1 cm³/mol. The Labute approximate surface area is 105 Å². The molecule has 3 aromatic rings. The van der Waals surface area contributed by atoms with E-state index in [0.717, 1.165) is 5.82 Å². The summed E-state index contributed by atoms with van der Waals surface area (Å²) >= 11 is 0. The lowest BCUT2D eigenvalue weighted by atomic mass is 10.4. The molecule has 0 N–H and O–H groups in total. The number of aromatic nitrogens is 4. The zero-order valence-electron chi connectivity index (χ0n) is 9.72. The summed E-state index contributed by atoms with van der Waals surface area (Å²) in [5.74, 6) is 1.65. The standard InChI is InChI=1S/C14H12N4/c1-3-10-17(11-4-1)13-7-2-5-12-18(13)14-15-8-6-9-16-14/h1-12H/q+2. The molecule has 0 unspecified atom stereocenters. The molecule has 0 saturated heterocycles. The average molecular weight is 236 g/mol. The highest BCUT2D eigenvalue weighted by Gasteiger charge is 2.22. The number of rotatable bonds is 2. The van der Waals surface area contributed by atoms with Crippen LogP contribution >= 0.6 is 0 Å². The normalized spacial score (nSPS) is 10.2. The highest BCUT2D eigenvalue weighted by molar-refractivity contribution is 5.08. The second-order valence-corrected chi connectivity index (χ2v) is 3.76. The highest BCUT2D eigenvalue weighted by atomic mass is 15.2. The molecule has 0 amide bonds. The van der Waals surface area contributed by atoms with E-state index in [1.807, 2.05) is 70.2 Å². The largest absolute Gasteiger partial charge is 0.457 e. The molecular weight excluding hydrogens is 224 g/mol. The molecule has 0 aliphatic carbocycles. The van der Waals surface area contributed by atoms with Gasteiger partial charge in [-0.05, 0) is 12.1 Å². The van der Waals surface area contributed by atoms with Crippen LogP contribution in [0.5, 0.6) is 0 Å². The van der Waals surface area contributed by atoms with E-state index in [4.69, 9.17) is 0 Å². The van der Waals surface area contributed by atoms with Gasteiger partial charge in [0.25, 0.3) is 0 Å². The Morgan fingerprint density at radius 1 is 0.722 bits per heavy atom. The van der Waals surface area contributed by atoms with Crippen molar-refractivity contribution < 1.29 is 9.13 Å². The summed E-state index contributed by atoms with van der Waals surface area (Å²) in [6, 6.07) is 13.8. The van der Waals surface area contributed by atoms with Crippen LogP contribution in [0.15, 0.2) is 73.4 Å². The second-order valence-electron chi connectivity index (χ2n) is 3.76. The first-order chi connectivity index (χ1) is 8.95. The zero-order valence-corrected chi connectivity index (χ0v) is 9.72. The van der Waals surface area contributed by atoms with E-state index in [1.165, 1.54) is 0 Å². The molecule has 0 spiro atoms. The van der Waals surface area contributed by atoms with Crippen LogP contribution in [0.1, 0.15) is 0 Å². The van der Waals surface area contributed by atoms with Crippen molar-refractivity contribution in [1.29, 1.82) is 0 Å². The van der Waals surface area contributed by atoms with Crippen molar-refractivity contribution in [3.05, 3.63) is 73.4 Å². The van der Waals surface area contributed by atoms with E-state index < -0.39 is 0 Å². The first-order valence-electron chi connectivity index (χ1n) is 5.70. The molecule has 0 saturated carbocycles. The molecule has 4 nitrogen and oxygen atoms in total. The van der Waals surface area contributed by atoms with Gasteiger partial charge in [-0.25, -0.2) is 0 Å². The van der Waals surface area contributed by atoms with Crippen LogP contribution in [0, 0.1) is 0 Å². The van der Waals surface area contributed by atoms with Gasteiger partial charge in [-0.15, -0.1) is 4.57 Å². The maximum Gasteiger partial charge on any atom is 0.457 e. The third kappa shape index (κ3) is 1.96. The van der Waals surface area contributed by atoms with E-state index in [9.17, 15) is 0 Å². The summed E-state index contributed by atoms with van der Waals surface area (Å²) in [5.41, 5.74) is 0. The van der Waals surface area contributed by atoms with Gasteiger partial charge in [0.15, 0.2) is 18.6 Å². The van der Waals surface area contributed by atoms with Gasteiger partial charge >= 0.3 is 11.8 Å². The maximum absolute atomic E-state index is 4.27. The predicted octanol–water partition coefficient (Wildman–Crippen LogP) is 1.03. The Morgan fingerprint density at radius 3 is 2.22 bits per heavy atom. The molecule has 0 bridgehead atoms. The topological polar surface area (TPSA) is 33.5 Å². The Kier molecular flexibility index (Phi) is 2.75. The summed E-state index contributed by atoms with van der Waals surface area (Å²) in [4.78, 5) is 8.55. The lowest BCUT2D eigenvalue weighted by Gasteiger charge is -1.95. The minimum absolute atomic E-state index is 0.657. The van der Waals surface area contributed by atoms with Crippen LogP contribution in [-0.2, 0) is 0 Å². The van der Waals surface area contributed by atoms with E-state index in [0.29, 0.717) is 5.95 Å². The van der Waals surface area contributed by atoms with Crippen LogP contribution in [0.3, 0.4) is 0 Å². The van der Waals surface area contributed by atoms with Gasteiger partial charge in [-0.2, -0.15) is 9.97 Å². The quantitative estimate of drug-likeness (QED) is 0.623. The van der Waals surface area contributed by atoms with E-state index in [2.05, 4.69) is 9.97 Å². The van der Waals surface area contributed by atoms with Gasteiger partial charge in [0.1, 0.15) is 0 Å². The minimum atomic E-state index is 0.657. The monoisotopic (exact) mass is 236 g/mol. The van der Waals surface area contributed by atoms with Crippen molar-refractivity contribution in [3.8, 4) is 11.8 Å². The molecule has 0 radical (unpaired) electrons. The maximum atomic E-state index is 4.27.